The van der Waals surface area contributed by atoms with Gasteiger partial charge in [-0.15, -0.1) is 0 Å². The number of benzene rings is 3. The van der Waals surface area contributed by atoms with Gasteiger partial charge in [0.15, 0.2) is 6.61 Å². The van der Waals surface area contributed by atoms with Gasteiger partial charge < -0.3 is 9.26 Å². The van der Waals surface area contributed by atoms with Crippen molar-refractivity contribution in [3.8, 4) is 17.1 Å². The summed E-state index contributed by atoms with van der Waals surface area (Å²) < 4.78 is 51.1. The van der Waals surface area contributed by atoms with Crippen LogP contribution in [0.1, 0.15) is 11.5 Å². The van der Waals surface area contributed by atoms with E-state index in [0.717, 1.165) is 5.56 Å². The number of sulfonamides is 1. The summed E-state index contributed by atoms with van der Waals surface area (Å²) in [7, 11) is -3.68. The van der Waals surface area contributed by atoms with Gasteiger partial charge in [-0.3, -0.25) is 4.72 Å². The Morgan fingerprint density at radius 2 is 1.65 bits per heavy atom. The summed E-state index contributed by atoms with van der Waals surface area (Å²) in [6.07, 6.45) is 0. The first-order chi connectivity index (χ1) is 14.9. The van der Waals surface area contributed by atoms with Crippen molar-refractivity contribution in [2.75, 3.05) is 4.72 Å². The summed E-state index contributed by atoms with van der Waals surface area (Å²) >= 11 is 0. The molecule has 0 saturated heterocycles. The molecule has 9 heteroatoms. The molecule has 0 atom stereocenters. The molecule has 0 unspecified atom stereocenters. The molecule has 158 valence electrons. The van der Waals surface area contributed by atoms with Crippen LogP contribution in [0, 0.1) is 12.7 Å². The molecule has 31 heavy (non-hydrogen) atoms. The summed E-state index contributed by atoms with van der Waals surface area (Å²) in [5, 5.41) is 3.91. The monoisotopic (exact) mass is 439 g/mol. The molecular formula is C22H18FN3O4S. The smallest absolute Gasteiger partial charge is 0.264 e. The summed E-state index contributed by atoms with van der Waals surface area (Å²) in [5.74, 6) is 0.720. The van der Waals surface area contributed by atoms with Crippen molar-refractivity contribution >= 4 is 15.7 Å². The van der Waals surface area contributed by atoms with Crippen molar-refractivity contribution in [3.63, 3.8) is 0 Å². The Morgan fingerprint density at radius 3 is 2.32 bits per heavy atom. The van der Waals surface area contributed by atoms with E-state index in [1.807, 2.05) is 6.92 Å². The van der Waals surface area contributed by atoms with Gasteiger partial charge in [0.2, 0.25) is 5.82 Å². The Bertz CT molecular complexity index is 1270. The third kappa shape index (κ3) is 5.07. The third-order valence-corrected chi connectivity index (χ3v) is 5.77. The van der Waals surface area contributed by atoms with Crippen LogP contribution in [-0.4, -0.2) is 18.6 Å². The summed E-state index contributed by atoms with van der Waals surface area (Å²) in [5.41, 5.74) is 2.04. The van der Waals surface area contributed by atoms with Crippen LogP contribution < -0.4 is 9.46 Å². The van der Waals surface area contributed by atoms with Crippen LogP contribution in [0.25, 0.3) is 11.4 Å². The number of nitrogens with one attached hydrogen (secondary N) is 1. The molecule has 4 aromatic rings. The number of hydrogen-bond acceptors (Lipinski definition) is 6. The average molecular weight is 439 g/mol. The quantitative estimate of drug-likeness (QED) is 0.454. The Labute approximate surface area is 178 Å². The van der Waals surface area contributed by atoms with Gasteiger partial charge in [-0.2, -0.15) is 4.98 Å². The number of aromatic nitrogens is 2. The molecule has 0 bridgehead atoms. The van der Waals surface area contributed by atoms with E-state index < -0.39 is 10.0 Å². The second-order valence-corrected chi connectivity index (χ2v) is 8.43. The Hall–Kier alpha value is -3.72. The van der Waals surface area contributed by atoms with E-state index in [2.05, 4.69) is 14.9 Å². The van der Waals surface area contributed by atoms with Crippen LogP contribution >= 0.6 is 0 Å². The maximum atomic E-state index is 12.9. The molecule has 0 fully saturated rings. The van der Waals surface area contributed by atoms with Crippen molar-refractivity contribution in [2.45, 2.75) is 18.4 Å². The Kier molecular flexibility index (Phi) is 5.68. The van der Waals surface area contributed by atoms with Gasteiger partial charge in [-0.25, -0.2) is 12.8 Å². The summed E-state index contributed by atoms with van der Waals surface area (Å²) in [4.78, 5) is 4.44. The highest BCUT2D eigenvalue weighted by atomic mass is 32.2. The van der Waals surface area contributed by atoms with E-state index in [9.17, 15) is 12.8 Å². The molecule has 0 radical (unpaired) electrons. The van der Waals surface area contributed by atoms with E-state index >= 15 is 0 Å². The first-order valence-corrected chi connectivity index (χ1v) is 10.8. The highest BCUT2D eigenvalue weighted by molar-refractivity contribution is 7.92. The van der Waals surface area contributed by atoms with E-state index in [0.29, 0.717) is 22.8 Å². The molecule has 0 amide bonds. The zero-order valence-corrected chi connectivity index (χ0v) is 17.3. The van der Waals surface area contributed by atoms with Gasteiger partial charge in [-0.05, 0) is 67.6 Å². The topological polar surface area (TPSA) is 94.3 Å². The van der Waals surface area contributed by atoms with Crippen molar-refractivity contribution in [3.05, 3.63) is 90.1 Å². The first-order valence-electron chi connectivity index (χ1n) is 9.30. The normalized spacial score (nSPS) is 11.3. The van der Waals surface area contributed by atoms with Gasteiger partial charge in [0.1, 0.15) is 11.6 Å². The van der Waals surface area contributed by atoms with Gasteiger partial charge in [0.25, 0.3) is 15.9 Å². The van der Waals surface area contributed by atoms with Crippen molar-refractivity contribution in [2.24, 2.45) is 0 Å². The molecule has 3 aromatic carbocycles. The molecular weight excluding hydrogens is 421 g/mol. The van der Waals surface area contributed by atoms with E-state index in [-0.39, 0.29) is 23.2 Å². The Morgan fingerprint density at radius 1 is 0.968 bits per heavy atom. The van der Waals surface area contributed by atoms with Crippen LogP contribution in [0.3, 0.4) is 0 Å². The average Bonchev–Trinajstić information content (AvgIpc) is 3.23. The van der Waals surface area contributed by atoms with Crippen LogP contribution in [0.15, 0.2) is 82.2 Å². The standard InChI is InChI=1S/C22H18FN3O4S/c1-15-2-12-20(13-3-15)31(27,28)26-18-8-4-16(5-9-18)22-24-21(30-25-22)14-29-19-10-6-17(23)7-11-19/h2-13,26H,14H2,1H3. The molecule has 1 N–H and O–H groups in total. The van der Waals surface area contributed by atoms with E-state index in [4.69, 9.17) is 9.26 Å². The minimum absolute atomic E-state index is 0.0348. The fourth-order valence-corrected chi connectivity index (χ4v) is 3.78. The van der Waals surface area contributed by atoms with E-state index in [1.165, 1.54) is 24.3 Å². The lowest BCUT2D eigenvalue weighted by Gasteiger charge is -2.08. The number of aryl methyl sites for hydroxylation is 1. The minimum atomic E-state index is -3.68. The van der Waals surface area contributed by atoms with Crippen molar-refractivity contribution in [1.82, 2.24) is 10.1 Å². The predicted molar refractivity (Wildman–Crippen MR) is 112 cm³/mol. The SMILES string of the molecule is Cc1ccc(S(=O)(=O)Nc2ccc(-c3noc(COc4ccc(F)cc4)n3)cc2)cc1. The third-order valence-electron chi connectivity index (χ3n) is 4.37. The molecule has 1 aromatic heterocycles. The second-order valence-electron chi connectivity index (χ2n) is 6.75. The van der Waals surface area contributed by atoms with Crippen LogP contribution in [0.2, 0.25) is 0 Å². The molecule has 1 heterocycles. The summed E-state index contributed by atoms with van der Waals surface area (Å²) in [6, 6.07) is 18.8. The maximum absolute atomic E-state index is 12.9. The number of anilines is 1. The molecule has 7 nitrogen and oxygen atoms in total. The molecule has 0 aliphatic heterocycles. The zero-order chi connectivity index (χ0) is 21.8. The second kappa shape index (κ2) is 8.57. The van der Waals surface area contributed by atoms with Gasteiger partial charge in [0.05, 0.1) is 4.90 Å². The summed E-state index contributed by atoms with van der Waals surface area (Å²) in [6.45, 7) is 1.92. The largest absolute Gasteiger partial charge is 0.484 e. The zero-order valence-electron chi connectivity index (χ0n) is 16.4. The number of halogens is 1. The Balaban J connectivity index is 1.41. The number of nitrogens with zero attached hydrogens (tertiary/aromatic N) is 2. The lowest BCUT2D eigenvalue weighted by Crippen LogP contribution is -2.12. The fraction of sp³-hybridized carbons (Fsp3) is 0.0909. The van der Waals surface area contributed by atoms with Crippen molar-refractivity contribution in [1.29, 1.82) is 0 Å². The highest BCUT2D eigenvalue weighted by Crippen LogP contribution is 2.22. The number of hydrogen-bond donors (Lipinski definition) is 1. The van der Waals surface area contributed by atoms with Gasteiger partial charge in [0, 0.05) is 11.3 Å². The molecule has 0 aliphatic rings. The number of rotatable bonds is 7. The van der Waals surface area contributed by atoms with Gasteiger partial charge >= 0.3 is 0 Å². The molecule has 0 aliphatic carbocycles. The minimum Gasteiger partial charge on any atom is -0.484 e. The van der Waals surface area contributed by atoms with Crippen molar-refractivity contribution < 1.29 is 22.1 Å². The van der Waals surface area contributed by atoms with Crippen LogP contribution in [0.5, 0.6) is 5.75 Å². The van der Waals surface area contributed by atoms with E-state index in [1.54, 1.807) is 48.5 Å². The number of ether oxygens (including phenoxy) is 1. The lowest BCUT2D eigenvalue weighted by molar-refractivity contribution is 0.242. The highest BCUT2D eigenvalue weighted by Gasteiger charge is 2.15. The van der Waals surface area contributed by atoms with Crippen LogP contribution in [-0.2, 0) is 16.6 Å². The molecule has 0 spiro atoms. The maximum Gasteiger partial charge on any atom is 0.264 e. The lowest BCUT2D eigenvalue weighted by atomic mass is 10.2. The fourth-order valence-electron chi connectivity index (χ4n) is 2.73. The predicted octanol–water partition coefficient (Wildman–Crippen LogP) is 4.56. The molecule has 0 saturated carbocycles. The first kappa shape index (κ1) is 20.5. The van der Waals surface area contributed by atoms with Crippen LogP contribution in [0.4, 0.5) is 10.1 Å². The molecule has 4 rings (SSSR count). The van der Waals surface area contributed by atoms with Gasteiger partial charge in [-0.1, -0.05) is 22.9 Å².